The van der Waals surface area contributed by atoms with Gasteiger partial charge in [0.15, 0.2) is 0 Å². The largest absolute Gasteiger partial charge is 0.462 e. The Morgan fingerprint density at radius 3 is 2.85 bits per heavy atom. The van der Waals surface area contributed by atoms with Gasteiger partial charge >= 0.3 is 5.97 Å². The summed E-state index contributed by atoms with van der Waals surface area (Å²) in [4.78, 5) is 10.5. The van der Waals surface area contributed by atoms with Crippen molar-refractivity contribution in [2.24, 2.45) is 5.73 Å². The van der Waals surface area contributed by atoms with Crippen LogP contribution in [0.5, 0.6) is 0 Å². The molecule has 0 aliphatic carbocycles. The van der Waals surface area contributed by atoms with Gasteiger partial charge in [-0.15, -0.1) is 0 Å². The van der Waals surface area contributed by atoms with E-state index < -0.39 is 0 Å². The molecular formula is C9H13NO3. The van der Waals surface area contributed by atoms with E-state index in [1.807, 2.05) is 6.07 Å². The van der Waals surface area contributed by atoms with Crippen LogP contribution in [-0.2, 0) is 22.6 Å². The van der Waals surface area contributed by atoms with Crippen molar-refractivity contribution in [1.29, 1.82) is 0 Å². The maximum Gasteiger partial charge on any atom is 0.303 e. The Morgan fingerprint density at radius 1 is 1.54 bits per heavy atom. The number of hydrogen-bond acceptors (Lipinski definition) is 4. The van der Waals surface area contributed by atoms with E-state index in [9.17, 15) is 4.79 Å². The van der Waals surface area contributed by atoms with Crippen LogP contribution in [0.15, 0.2) is 16.5 Å². The molecular weight excluding hydrogens is 170 g/mol. The molecule has 0 amide bonds. The fourth-order valence-corrected chi connectivity index (χ4v) is 0.949. The second-order valence-electron chi connectivity index (χ2n) is 2.69. The molecule has 0 fully saturated rings. The van der Waals surface area contributed by atoms with Gasteiger partial charge in [0.1, 0.15) is 18.1 Å². The third-order valence-electron chi connectivity index (χ3n) is 1.53. The van der Waals surface area contributed by atoms with Gasteiger partial charge in [-0.3, -0.25) is 4.79 Å². The highest BCUT2D eigenvalue weighted by atomic mass is 16.5. The van der Waals surface area contributed by atoms with Gasteiger partial charge in [0.25, 0.3) is 0 Å². The molecule has 1 rings (SSSR count). The lowest BCUT2D eigenvalue weighted by molar-refractivity contribution is -0.142. The average Bonchev–Trinajstić information content (AvgIpc) is 2.50. The minimum Gasteiger partial charge on any atom is -0.462 e. The number of hydrogen-bond donors (Lipinski definition) is 1. The van der Waals surface area contributed by atoms with Gasteiger partial charge in [0, 0.05) is 13.3 Å². The fourth-order valence-electron chi connectivity index (χ4n) is 0.949. The fraction of sp³-hybridized carbons (Fsp3) is 0.444. The van der Waals surface area contributed by atoms with Crippen molar-refractivity contribution in [2.45, 2.75) is 20.0 Å². The van der Waals surface area contributed by atoms with Gasteiger partial charge in [0.05, 0.1) is 0 Å². The van der Waals surface area contributed by atoms with Gasteiger partial charge in [0.2, 0.25) is 0 Å². The molecule has 1 aromatic rings. The van der Waals surface area contributed by atoms with Crippen LogP contribution in [0, 0.1) is 0 Å². The van der Waals surface area contributed by atoms with E-state index in [1.165, 1.54) is 6.92 Å². The van der Waals surface area contributed by atoms with Crippen LogP contribution >= 0.6 is 0 Å². The molecule has 0 aliphatic rings. The number of rotatable bonds is 4. The maximum atomic E-state index is 10.5. The highest BCUT2D eigenvalue weighted by Crippen LogP contribution is 2.09. The molecule has 4 nitrogen and oxygen atoms in total. The minimum absolute atomic E-state index is 0.194. The first-order valence-electron chi connectivity index (χ1n) is 4.13. The second kappa shape index (κ2) is 4.67. The molecule has 0 saturated heterocycles. The van der Waals surface area contributed by atoms with Crippen LogP contribution in [0.2, 0.25) is 0 Å². The van der Waals surface area contributed by atoms with Crippen molar-refractivity contribution in [3.05, 3.63) is 23.7 Å². The summed E-state index contributed by atoms with van der Waals surface area (Å²) < 4.78 is 10.1. The Bertz CT molecular complexity index is 280. The first kappa shape index (κ1) is 9.80. The van der Waals surface area contributed by atoms with Crippen molar-refractivity contribution >= 4 is 5.97 Å². The number of ether oxygens (including phenoxy) is 1. The molecule has 0 aromatic carbocycles. The second-order valence-corrected chi connectivity index (χ2v) is 2.69. The molecule has 0 radical (unpaired) electrons. The monoisotopic (exact) mass is 183 g/mol. The van der Waals surface area contributed by atoms with E-state index in [-0.39, 0.29) is 12.6 Å². The Kier molecular flexibility index (Phi) is 3.52. The van der Waals surface area contributed by atoms with Crippen LogP contribution in [0.4, 0.5) is 0 Å². The van der Waals surface area contributed by atoms with Gasteiger partial charge in [-0.1, -0.05) is 0 Å². The van der Waals surface area contributed by atoms with Crippen molar-refractivity contribution in [2.75, 3.05) is 6.54 Å². The Morgan fingerprint density at radius 2 is 2.23 bits per heavy atom. The predicted molar refractivity (Wildman–Crippen MR) is 46.9 cm³/mol. The lowest BCUT2D eigenvalue weighted by atomic mass is 10.3. The first-order chi connectivity index (χ1) is 6.22. The van der Waals surface area contributed by atoms with Crippen LogP contribution in [-0.4, -0.2) is 12.5 Å². The number of esters is 1. The maximum absolute atomic E-state index is 10.5. The Balaban J connectivity index is 2.44. The minimum atomic E-state index is -0.309. The average molecular weight is 183 g/mol. The summed E-state index contributed by atoms with van der Waals surface area (Å²) >= 11 is 0. The van der Waals surface area contributed by atoms with Crippen LogP contribution < -0.4 is 5.73 Å². The lowest BCUT2D eigenvalue weighted by Gasteiger charge is -1.97. The summed E-state index contributed by atoms with van der Waals surface area (Å²) in [5.41, 5.74) is 5.35. The van der Waals surface area contributed by atoms with Gasteiger partial charge in [-0.05, 0) is 18.7 Å². The summed E-state index contributed by atoms with van der Waals surface area (Å²) in [5.74, 6) is 1.17. The standard InChI is InChI=1S/C9H13NO3/c1-7(11)12-6-9-3-2-8(13-9)4-5-10/h2-3H,4-6,10H2,1H3. The number of carbonyl (C=O) groups excluding carboxylic acids is 1. The highest BCUT2D eigenvalue weighted by molar-refractivity contribution is 5.65. The molecule has 1 aromatic heterocycles. The predicted octanol–water partition coefficient (Wildman–Crippen LogP) is 0.844. The van der Waals surface area contributed by atoms with Crippen molar-refractivity contribution < 1.29 is 13.9 Å². The quantitative estimate of drug-likeness (QED) is 0.702. The smallest absolute Gasteiger partial charge is 0.303 e. The number of furan rings is 1. The summed E-state index contributed by atoms with van der Waals surface area (Å²) in [6.07, 6.45) is 0.708. The lowest BCUT2D eigenvalue weighted by Crippen LogP contribution is -2.01. The summed E-state index contributed by atoms with van der Waals surface area (Å²) in [6.45, 7) is 2.12. The Hall–Kier alpha value is -1.29. The summed E-state index contributed by atoms with van der Waals surface area (Å²) in [6, 6.07) is 3.62. The molecule has 72 valence electrons. The Labute approximate surface area is 76.7 Å². The van der Waals surface area contributed by atoms with Crippen LogP contribution in [0.25, 0.3) is 0 Å². The van der Waals surface area contributed by atoms with Gasteiger partial charge < -0.3 is 14.9 Å². The molecule has 13 heavy (non-hydrogen) atoms. The molecule has 2 N–H and O–H groups in total. The summed E-state index contributed by atoms with van der Waals surface area (Å²) in [7, 11) is 0. The topological polar surface area (TPSA) is 65.5 Å². The highest BCUT2D eigenvalue weighted by Gasteiger charge is 2.02. The van der Waals surface area contributed by atoms with E-state index in [4.69, 9.17) is 14.9 Å². The SMILES string of the molecule is CC(=O)OCc1ccc(CCN)o1. The van der Waals surface area contributed by atoms with E-state index in [1.54, 1.807) is 6.07 Å². The molecule has 0 spiro atoms. The zero-order valence-corrected chi connectivity index (χ0v) is 7.58. The molecule has 1 heterocycles. The van der Waals surface area contributed by atoms with E-state index in [0.29, 0.717) is 18.7 Å². The van der Waals surface area contributed by atoms with E-state index >= 15 is 0 Å². The van der Waals surface area contributed by atoms with Gasteiger partial charge in [-0.25, -0.2) is 0 Å². The molecule has 0 bridgehead atoms. The van der Waals surface area contributed by atoms with E-state index in [0.717, 1.165) is 5.76 Å². The number of carbonyl (C=O) groups is 1. The van der Waals surface area contributed by atoms with Crippen molar-refractivity contribution in [1.82, 2.24) is 0 Å². The van der Waals surface area contributed by atoms with Crippen molar-refractivity contribution in [3.8, 4) is 0 Å². The molecule has 0 atom stereocenters. The third-order valence-corrected chi connectivity index (χ3v) is 1.53. The number of nitrogens with two attached hydrogens (primary N) is 1. The van der Waals surface area contributed by atoms with E-state index in [2.05, 4.69) is 0 Å². The summed E-state index contributed by atoms with van der Waals surface area (Å²) in [5, 5.41) is 0. The third kappa shape index (κ3) is 3.29. The van der Waals surface area contributed by atoms with Crippen molar-refractivity contribution in [3.63, 3.8) is 0 Å². The zero-order valence-electron chi connectivity index (χ0n) is 7.58. The normalized spacial score (nSPS) is 10.0. The zero-order chi connectivity index (χ0) is 9.68. The molecule has 0 aliphatic heterocycles. The first-order valence-corrected chi connectivity index (χ1v) is 4.13. The van der Waals surface area contributed by atoms with Crippen LogP contribution in [0.3, 0.4) is 0 Å². The van der Waals surface area contributed by atoms with Gasteiger partial charge in [-0.2, -0.15) is 0 Å². The molecule has 0 unspecified atom stereocenters. The molecule has 0 saturated carbocycles. The molecule has 4 heteroatoms. The van der Waals surface area contributed by atoms with Crippen LogP contribution in [0.1, 0.15) is 18.4 Å².